The maximum atomic E-state index is 10.2. The van der Waals surface area contributed by atoms with Crippen LogP contribution in [-0.4, -0.2) is 50.2 Å². The van der Waals surface area contributed by atoms with E-state index in [-0.39, 0.29) is 6.61 Å². The van der Waals surface area contributed by atoms with E-state index in [2.05, 4.69) is 15.3 Å². The number of ether oxygens (including phenoxy) is 1. The lowest BCUT2D eigenvalue weighted by atomic mass is 10.0. The Hall–Kier alpha value is -2.58. The van der Waals surface area contributed by atoms with Crippen molar-refractivity contribution in [1.82, 2.24) is 9.97 Å². The molecule has 0 bridgehead atoms. The molecule has 1 aromatic heterocycles. The van der Waals surface area contributed by atoms with Crippen LogP contribution >= 0.6 is 0 Å². The molecule has 1 aliphatic rings. The second-order valence-electron chi connectivity index (χ2n) is 6.60. The molecule has 140 valence electrons. The van der Waals surface area contributed by atoms with Crippen molar-refractivity contribution in [1.29, 1.82) is 0 Å². The van der Waals surface area contributed by atoms with Gasteiger partial charge in [0.2, 0.25) is 0 Å². The molecule has 0 aliphatic carbocycles. The zero-order valence-corrected chi connectivity index (χ0v) is 14.6. The van der Waals surface area contributed by atoms with Crippen molar-refractivity contribution in [2.45, 2.75) is 31.0 Å². The van der Waals surface area contributed by atoms with Crippen LogP contribution in [0.3, 0.4) is 0 Å². The van der Waals surface area contributed by atoms with Crippen LogP contribution in [0.2, 0.25) is 0 Å². The second-order valence-corrected chi connectivity index (χ2v) is 6.60. The molecular formula is C20H21N3O4. The van der Waals surface area contributed by atoms with Gasteiger partial charge in [0.15, 0.2) is 0 Å². The summed E-state index contributed by atoms with van der Waals surface area (Å²) in [4.78, 5) is 8.64. The lowest BCUT2D eigenvalue weighted by Gasteiger charge is -2.16. The van der Waals surface area contributed by atoms with Gasteiger partial charge in [-0.2, -0.15) is 0 Å². The molecular weight excluding hydrogens is 346 g/mol. The minimum Gasteiger partial charge on any atom is -0.394 e. The van der Waals surface area contributed by atoms with Crippen molar-refractivity contribution in [3.8, 4) is 0 Å². The third kappa shape index (κ3) is 3.50. The number of hydrogen-bond acceptors (Lipinski definition) is 7. The van der Waals surface area contributed by atoms with Gasteiger partial charge in [-0.1, -0.05) is 36.4 Å². The molecule has 1 fully saturated rings. The molecule has 4 N–H and O–H groups in total. The Morgan fingerprint density at radius 1 is 1.00 bits per heavy atom. The summed E-state index contributed by atoms with van der Waals surface area (Å²) in [6.45, 7) is 0.293. The summed E-state index contributed by atoms with van der Waals surface area (Å²) in [6, 6.07) is 15.5. The van der Waals surface area contributed by atoms with E-state index in [1.807, 2.05) is 48.5 Å². The SMILES string of the molecule is OC[C@H]1O[C@@H](c2ccc3c(NCc4ccccc4)ncnc3c2)[C@H](O)[C@@H]1O. The van der Waals surface area contributed by atoms with Crippen molar-refractivity contribution in [3.63, 3.8) is 0 Å². The van der Waals surface area contributed by atoms with Gasteiger partial charge in [-0.3, -0.25) is 0 Å². The summed E-state index contributed by atoms with van der Waals surface area (Å²) in [5, 5.41) is 33.6. The average Bonchev–Trinajstić information content (AvgIpc) is 3.01. The maximum Gasteiger partial charge on any atom is 0.137 e. The van der Waals surface area contributed by atoms with Crippen molar-refractivity contribution < 1.29 is 20.1 Å². The van der Waals surface area contributed by atoms with Crippen LogP contribution in [0.1, 0.15) is 17.2 Å². The lowest BCUT2D eigenvalue weighted by Crippen LogP contribution is -2.32. The molecule has 2 aromatic carbocycles. The number of benzene rings is 2. The zero-order chi connectivity index (χ0) is 18.8. The summed E-state index contributed by atoms with van der Waals surface area (Å²) in [5.41, 5.74) is 2.54. The van der Waals surface area contributed by atoms with E-state index in [0.717, 1.165) is 16.8 Å². The normalized spacial score (nSPS) is 25.0. The van der Waals surface area contributed by atoms with Gasteiger partial charge in [0.05, 0.1) is 12.1 Å². The van der Waals surface area contributed by atoms with Crippen LogP contribution < -0.4 is 5.32 Å². The fourth-order valence-corrected chi connectivity index (χ4v) is 3.35. The highest BCUT2D eigenvalue weighted by molar-refractivity contribution is 5.89. The highest BCUT2D eigenvalue weighted by Crippen LogP contribution is 2.35. The Labute approximate surface area is 156 Å². The predicted molar refractivity (Wildman–Crippen MR) is 100 cm³/mol. The Morgan fingerprint density at radius 3 is 2.56 bits per heavy atom. The molecule has 7 heteroatoms. The first-order chi connectivity index (χ1) is 13.2. The summed E-state index contributed by atoms with van der Waals surface area (Å²) < 4.78 is 5.60. The van der Waals surface area contributed by atoms with Gasteiger partial charge < -0.3 is 25.4 Å². The standard InChI is InChI=1S/C20H21N3O4/c24-10-16-17(25)18(26)19(27-16)13-6-7-14-15(8-13)22-11-23-20(14)21-9-12-4-2-1-3-5-12/h1-8,11,16-19,24-26H,9-10H2,(H,21,22,23)/t16-,17-,18-,19+/m1/s1. The van der Waals surface area contributed by atoms with Crippen LogP contribution in [0.25, 0.3) is 10.9 Å². The van der Waals surface area contributed by atoms with Crippen LogP contribution in [-0.2, 0) is 11.3 Å². The lowest BCUT2D eigenvalue weighted by molar-refractivity contribution is -0.0227. The smallest absolute Gasteiger partial charge is 0.137 e. The number of aliphatic hydroxyl groups is 3. The molecule has 1 aliphatic heterocycles. The topological polar surface area (TPSA) is 108 Å². The first kappa shape index (κ1) is 17.8. The number of nitrogens with zero attached hydrogens (tertiary/aromatic N) is 2. The Bertz CT molecular complexity index is 922. The molecule has 4 atom stereocenters. The highest BCUT2D eigenvalue weighted by Gasteiger charge is 2.43. The van der Waals surface area contributed by atoms with Gasteiger partial charge in [-0.05, 0) is 23.3 Å². The van der Waals surface area contributed by atoms with Gasteiger partial charge in [0.1, 0.15) is 36.6 Å². The van der Waals surface area contributed by atoms with Crippen LogP contribution in [0.15, 0.2) is 54.9 Å². The molecule has 1 saturated heterocycles. The van der Waals surface area contributed by atoms with Crippen molar-refractivity contribution >= 4 is 16.7 Å². The van der Waals surface area contributed by atoms with Gasteiger partial charge in [0, 0.05) is 11.9 Å². The molecule has 3 aromatic rings. The number of aliphatic hydroxyl groups excluding tert-OH is 3. The molecule has 0 amide bonds. The number of hydrogen-bond donors (Lipinski definition) is 4. The van der Waals surface area contributed by atoms with E-state index in [1.54, 1.807) is 0 Å². The fraction of sp³-hybridized carbons (Fsp3) is 0.300. The third-order valence-electron chi connectivity index (χ3n) is 4.83. The van der Waals surface area contributed by atoms with E-state index in [0.29, 0.717) is 17.6 Å². The quantitative estimate of drug-likeness (QED) is 0.540. The van der Waals surface area contributed by atoms with Crippen LogP contribution in [0.5, 0.6) is 0 Å². The monoisotopic (exact) mass is 367 g/mol. The number of aromatic nitrogens is 2. The molecule has 0 spiro atoms. The average molecular weight is 367 g/mol. The molecule has 0 saturated carbocycles. The van der Waals surface area contributed by atoms with Crippen molar-refractivity contribution in [3.05, 3.63) is 66.0 Å². The molecule has 27 heavy (non-hydrogen) atoms. The Kier molecular flexibility index (Phi) is 5.00. The Morgan fingerprint density at radius 2 is 1.81 bits per heavy atom. The highest BCUT2D eigenvalue weighted by atomic mass is 16.6. The zero-order valence-electron chi connectivity index (χ0n) is 14.6. The van der Waals surface area contributed by atoms with Gasteiger partial charge >= 0.3 is 0 Å². The molecule has 0 radical (unpaired) electrons. The summed E-state index contributed by atoms with van der Waals surface area (Å²) >= 11 is 0. The second kappa shape index (κ2) is 7.58. The fourth-order valence-electron chi connectivity index (χ4n) is 3.35. The molecule has 7 nitrogen and oxygen atoms in total. The minimum absolute atomic E-state index is 0.349. The largest absolute Gasteiger partial charge is 0.394 e. The van der Waals surface area contributed by atoms with Crippen LogP contribution in [0.4, 0.5) is 5.82 Å². The van der Waals surface area contributed by atoms with E-state index in [1.165, 1.54) is 6.33 Å². The predicted octanol–water partition coefficient (Wildman–Crippen LogP) is 1.40. The summed E-state index contributed by atoms with van der Waals surface area (Å²) in [5.74, 6) is 0.719. The number of anilines is 1. The summed E-state index contributed by atoms with van der Waals surface area (Å²) in [6.07, 6.45) is -2.25. The summed E-state index contributed by atoms with van der Waals surface area (Å²) in [7, 11) is 0. The molecule has 0 unspecified atom stereocenters. The minimum atomic E-state index is -1.12. The molecule has 4 rings (SSSR count). The van der Waals surface area contributed by atoms with E-state index in [9.17, 15) is 15.3 Å². The van der Waals surface area contributed by atoms with E-state index in [4.69, 9.17) is 4.74 Å². The first-order valence-corrected chi connectivity index (χ1v) is 8.82. The van der Waals surface area contributed by atoms with E-state index >= 15 is 0 Å². The van der Waals surface area contributed by atoms with Gasteiger partial charge in [-0.25, -0.2) is 9.97 Å². The number of nitrogens with one attached hydrogen (secondary N) is 1. The van der Waals surface area contributed by atoms with Gasteiger partial charge in [-0.15, -0.1) is 0 Å². The number of rotatable bonds is 5. The van der Waals surface area contributed by atoms with Gasteiger partial charge in [0.25, 0.3) is 0 Å². The van der Waals surface area contributed by atoms with E-state index < -0.39 is 24.4 Å². The van der Waals surface area contributed by atoms with Crippen molar-refractivity contribution in [2.24, 2.45) is 0 Å². The van der Waals surface area contributed by atoms with Crippen LogP contribution in [0, 0.1) is 0 Å². The maximum absolute atomic E-state index is 10.2. The Balaban J connectivity index is 1.59. The first-order valence-electron chi connectivity index (χ1n) is 8.82. The van der Waals surface area contributed by atoms with Crippen molar-refractivity contribution in [2.75, 3.05) is 11.9 Å². The number of fused-ring (bicyclic) bond motifs is 1. The third-order valence-corrected chi connectivity index (χ3v) is 4.83. The molecule has 2 heterocycles.